The average Bonchev–Trinajstić information content (AvgIpc) is 2.99. The molecule has 0 aromatic heterocycles. The second kappa shape index (κ2) is 8.57. The number of hydrogen-bond donors (Lipinski definition) is 2. The lowest BCUT2D eigenvalue weighted by Gasteiger charge is -2.33. The van der Waals surface area contributed by atoms with Gasteiger partial charge in [-0.2, -0.15) is 0 Å². The summed E-state index contributed by atoms with van der Waals surface area (Å²) in [5.41, 5.74) is 6.00. The van der Waals surface area contributed by atoms with Gasteiger partial charge in [0, 0.05) is 12.1 Å². The fourth-order valence-corrected chi connectivity index (χ4v) is 5.25. The fraction of sp³-hybridized carbons (Fsp3) is 0.611. The van der Waals surface area contributed by atoms with Gasteiger partial charge in [-0.1, -0.05) is 0 Å². The Balaban J connectivity index is 1.55. The molecule has 1 aliphatic heterocycles. The first-order chi connectivity index (χ1) is 13.6. The van der Waals surface area contributed by atoms with Gasteiger partial charge in [0.2, 0.25) is 15.9 Å². The predicted octanol–water partition coefficient (Wildman–Crippen LogP) is 1.65. The van der Waals surface area contributed by atoms with Crippen molar-refractivity contribution < 1.29 is 30.8 Å². The molecule has 2 fully saturated rings. The van der Waals surface area contributed by atoms with Crippen LogP contribution in [0.25, 0.3) is 0 Å². The Hall–Kier alpha value is -1.72. The number of carbonyl (C=O) groups is 1. The fourth-order valence-electron chi connectivity index (χ4n) is 3.89. The quantitative estimate of drug-likeness (QED) is 0.686. The summed E-state index contributed by atoms with van der Waals surface area (Å²) >= 11 is 0. The van der Waals surface area contributed by atoms with Gasteiger partial charge in [-0.05, 0) is 43.7 Å². The van der Waals surface area contributed by atoms with Crippen molar-refractivity contribution in [1.29, 1.82) is 0 Å². The molecule has 1 saturated carbocycles. The Labute approximate surface area is 166 Å². The first-order valence-corrected chi connectivity index (χ1v) is 10.9. The molecule has 1 aromatic rings. The van der Waals surface area contributed by atoms with E-state index in [2.05, 4.69) is 4.72 Å². The highest BCUT2D eigenvalue weighted by molar-refractivity contribution is 7.89. The molecule has 6 nitrogen and oxygen atoms in total. The molecule has 1 aromatic carbocycles. The zero-order chi connectivity index (χ0) is 21.3. The van der Waals surface area contributed by atoms with E-state index >= 15 is 0 Å². The molecular formula is C18H23F4N3O3S. The van der Waals surface area contributed by atoms with Crippen molar-refractivity contribution in [2.45, 2.75) is 55.0 Å². The van der Waals surface area contributed by atoms with Crippen LogP contribution in [0.2, 0.25) is 0 Å². The van der Waals surface area contributed by atoms with E-state index in [0.717, 1.165) is 17.0 Å². The van der Waals surface area contributed by atoms with Gasteiger partial charge in [-0.25, -0.2) is 30.7 Å². The molecule has 11 heteroatoms. The van der Waals surface area contributed by atoms with Gasteiger partial charge in [-0.3, -0.25) is 4.79 Å². The molecule has 0 spiro atoms. The van der Waals surface area contributed by atoms with E-state index in [4.69, 9.17) is 5.73 Å². The summed E-state index contributed by atoms with van der Waals surface area (Å²) in [6.07, 6.45) is -1.82. The van der Waals surface area contributed by atoms with Crippen molar-refractivity contribution in [2.24, 2.45) is 11.7 Å². The largest absolute Gasteiger partial charge is 0.335 e. The van der Waals surface area contributed by atoms with Gasteiger partial charge in [0.05, 0.1) is 19.1 Å². The molecule has 0 bridgehead atoms. The third-order valence-corrected chi connectivity index (χ3v) is 7.12. The third kappa shape index (κ3) is 4.89. The number of nitrogens with one attached hydrogen (secondary N) is 1. The highest BCUT2D eigenvalue weighted by Gasteiger charge is 2.40. The minimum Gasteiger partial charge on any atom is -0.335 e. The van der Waals surface area contributed by atoms with Crippen LogP contribution in [0.4, 0.5) is 17.6 Å². The molecule has 29 heavy (non-hydrogen) atoms. The first kappa shape index (κ1) is 22.0. The number of nitrogens with zero attached hydrogens (tertiary/aromatic N) is 1. The lowest BCUT2D eigenvalue weighted by atomic mass is 9.81. The van der Waals surface area contributed by atoms with Crippen molar-refractivity contribution in [1.82, 2.24) is 9.62 Å². The molecule has 3 rings (SSSR count). The number of carbonyl (C=O) groups excluding carboxylic acids is 1. The Morgan fingerprint density at radius 1 is 1.10 bits per heavy atom. The van der Waals surface area contributed by atoms with Crippen LogP contribution in [0, 0.1) is 17.6 Å². The summed E-state index contributed by atoms with van der Waals surface area (Å²) in [5.74, 6) is -2.81. The number of sulfonamides is 1. The van der Waals surface area contributed by atoms with E-state index in [1.165, 1.54) is 0 Å². The zero-order valence-corrected chi connectivity index (χ0v) is 16.3. The Morgan fingerprint density at radius 3 is 2.24 bits per heavy atom. The van der Waals surface area contributed by atoms with Gasteiger partial charge < -0.3 is 10.6 Å². The predicted molar refractivity (Wildman–Crippen MR) is 96.8 cm³/mol. The van der Waals surface area contributed by atoms with E-state index in [9.17, 15) is 30.8 Å². The number of amides is 1. The monoisotopic (exact) mass is 437 g/mol. The maximum absolute atomic E-state index is 13.8. The van der Waals surface area contributed by atoms with Gasteiger partial charge in [0.15, 0.2) is 12.3 Å². The Kier molecular flexibility index (Phi) is 6.49. The van der Waals surface area contributed by atoms with Crippen molar-refractivity contribution in [3.05, 3.63) is 29.8 Å². The summed E-state index contributed by atoms with van der Waals surface area (Å²) < 4.78 is 80.5. The normalized spacial score (nSPS) is 29.1. The molecule has 3 N–H and O–H groups in total. The maximum Gasteiger partial charge on any atom is 0.243 e. The number of alkyl halides is 2. The number of nitrogens with two attached hydrogens (primary N) is 1. The molecule has 1 saturated heterocycles. The van der Waals surface area contributed by atoms with E-state index in [0.29, 0.717) is 31.7 Å². The summed E-state index contributed by atoms with van der Waals surface area (Å²) in [7, 11) is -4.17. The maximum atomic E-state index is 13.8. The minimum atomic E-state index is -4.17. The second-order valence-corrected chi connectivity index (χ2v) is 9.29. The SMILES string of the molecule is N[C@H](C(=O)N1C[C@@H](F)[C@H](F)C1)C1CCC(NS(=O)(=O)c2ccc(F)cc2F)CC1. The molecule has 3 atom stereocenters. The molecule has 1 aliphatic carbocycles. The highest BCUT2D eigenvalue weighted by Crippen LogP contribution is 2.29. The van der Waals surface area contributed by atoms with Crippen LogP contribution in [-0.4, -0.2) is 56.7 Å². The van der Waals surface area contributed by atoms with E-state index in [-0.39, 0.29) is 19.0 Å². The summed E-state index contributed by atoms with van der Waals surface area (Å²) in [5, 5.41) is 0. The molecule has 0 unspecified atom stereocenters. The standard InChI is InChI=1S/C18H23F4N3O3S/c19-11-3-6-16(13(20)7-11)29(27,28)24-12-4-1-10(2-5-12)17(23)18(26)25-8-14(21)15(22)9-25/h3,6-7,10,12,14-15,17,24H,1-2,4-5,8-9,23H2/t10?,12?,14-,15-,17+/m1/s1. The van der Waals surface area contributed by atoms with Gasteiger partial charge in [0.1, 0.15) is 16.5 Å². The van der Waals surface area contributed by atoms with Crippen molar-refractivity contribution >= 4 is 15.9 Å². The highest BCUT2D eigenvalue weighted by atomic mass is 32.2. The summed E-state index contributed by atoms with van der Waals surface area (Å²) in [6, 6.07) is 0.819. The number of likely N-dealkylation sites (tertiary alicyclic amines) is 1. The van der Waals surface area contributed by atoms with Gasteiger partial charge >= 0.3 is 0 Å². The average molecular weight is 437 g/mol. The number of halogens is 4. The van der Waals surface area contributed by atoms with Gasteiger partial charge in [-0.15, -0.1) is 0 Å². The molecule has 0 radical (unpaired) electrons. The van der Waals surface area contributed by atoms with E-state index in [1.807, 2.05) is 0 Å². The number of hydrogen-bond acceptors (Lipinski definition) is 4. The molecule has 2 aliphatic rings. The van der Waals surface area contributed by atoms with Crippen LogP contribution >= 0.6 is 0 Å². The van der Waals surface area contributed by atoms with Crippen molar-refractivity contribution in [3.8, 4) is 0 Å². The summed E-state index contributed by atoms with van der Waals surface area (Å²) in [4.78, 5) is 12.8. The van der Waals surface area contributed by atoms with Crippen molar-refractivity contribution in [3.63, 3.8) is 0 Å². The van der Waals surface area contributed by atoms with Crippen LogP contribution in [0.1, 0.15) is 25.7 Å². The first-order valence-electron chi connectivity index (χ1n) is 9.38. The van der Waals surface area contributed by atoms with E-state index < -0.39 is 56.9 Å². The lowest BCUT2D eigenvalue weighted by Crippen LogP contribution is -2.49. The lowest BCUT2D eigenvalue weighted by molar-refractivity contribution is -0.133. The zero-order valence-electron chi connectivity index (χ0n) is 15.5. The number of benzene rings is 1. The second-order valence-electron chi connectivity index (χ2n) is 7.61. The topological polar surface area (TPSA) is 92.5 Å². The summed E-state index contributed by atoms with van der Waals surface area (Å²) in [6.45, 7) is -0.627. The molecular weight excluding hydrogens is 414 g/mol. The number of rotatable bonds is 5. The van der Waals surface area contributed by atoms with Crippen LogP contribution in [0.3, 0.4) is 0 Å². The molecule has 1 heterocycles. The van der Waals surface area contributed by atoms with Gasteiger partial charge in [0.25, 0.3) is 0 Å². The van der Waals surface area contributed by atoms with Crippen LogP contribution < -0.4 is 10.5 Å². The molecule has 162 valence electrons. The third-order valence-electron chi connectivity index (χ3n) is 5.56. The Morgan fingerprint density at radius 2 is 1.69 bits per heavy atom. The van der Waals surface area contributed by atoms with Crippen LogP contribution in [0.15, 0.2) is 23.1 Å². The minimum absolute atomic E-state index is 0.248. The van der Waals surface area contributed by atoms with Crippen LogP contribution in [-0.2, 0) is 14.8 Å². The van der Waals surface area contributed by atoms with E-state index in [1.54, 1.807) is 0 Å². The van der Waals surface area contributed by atoms with Crippen molar-refractivity contribution in [2.75, 3.05) is 13.1 Å². The smallest absolute Gasteiger partial charge is 0.243 e. The van der Waals surface area contributed by atoms with Crippen LogP contribution in [0.5, 0.6) is 0 Å². The Bertz CT molecular complexity index is 852. The molecule has 1 amide bonds.